The van der Waals surface area contributed by atoms with Crippen LogP contribution in [0.3, 0.4) is 0 Å². The zero-order valence-corrected chi connectivity index (χ0v) is 13.8. The standard InChI is InChI=1S/C17H19BrFN/c1-10-5-11(2)7-14(6-10)13(4)20-17-9-16(19)15(18)8-12(17)3/h5-9,13,20H,1-4H3. The molecule has 3 heteroatoms. The summed E-state index contributed by atoms with van der Waals surface area (Å²) in [5, 5.41) is 3.39. The third kappa shape index (κ3) is 3.40. The van der Waals surface area contributed by atoms with Gasteiger partial charge >= 0.3 is 0 Å². The number of hydrogen-bond acceptors (Lipinski definition) is 1. The lowest BCUT2D eigenvalue weighted by atomic mass is 10.0. The van der Waals surface area contributed by atoms with E-state index in [1.54, 1.807) is 12.1 Å². The fraction of sp³-hybridized carbons (Fsp3) is 0.294. The van der Waals surface area contributed by atoms with Gasteiger partial charge in [0.05, 0.1) is 4.47 Å². The number of hydrogen-bond donors (Lipinski definition) is 1. The lowest BCUT2D eigenvalue weighted by molar-refractivity contribution is 0.620. The van der Waals surface area contributed by atoms with Gasteiger partial charge in [-0.05, 0) is 66.9 Å². The smallest absolute Gasteiger partial charge is 0.139 e. The minimum Gasteiger partial charge on any atom is -0.378 e. The molecule has 0 amide bonds. The molecule has 1 nitrogen and oxygen atoms in total. The van der Waals surface area contributed by atoms with Gasteiger partial charge in [0.25, 0.3) is 0 Å². The van der Waals surface area contributed by atoms with Gasteiger partial charge in [-0.3, -0.25) is 0 Å². The summed E-state index contributed by atoms with van der Waals surface area (Å²) in [6.07, 6.45) is 0. The van der Waals surface area contributed by atoms with Crippen molar-refractivity contribution in [3.63, 3.8) is 0 Å². The van der Waals surface area contributed by atoms with Crippen LogP contribution in [0.2, 0.25) is 0 Å². The maximum atomic E-state index is 13.7. The average molecular weight is 336 g/mol. The topological polar surface area (TPSA) is 12.0 Å². The highest BCUT2D eigenvalue weighted by Crippen LogP contribution is 2.27. The molecule has 0 saturated carbocycles. The molecule has 0 aromatic heterocycles. The van der Waals surface area contributed by atoms with Crippen LogP contribution in [-0.4, -0.2) is 0 Å². The van der Waals surface area contributed by atoms with Crippen molar-refractivity contribution >= 4 is 21.6 Å². The van der Waals surface area contributed by atoms with Gasteiger partial charge in [0.15, 0.2) is 0 Å². The van der Waals surface area contributed by atoms with Crippen molar-refractivity contribution < 1.29 is 4.39 Å². The van der Waals surface area contributed by atoms with Gasteiger partial charge in [0, 0.05) is 11.7 Å². The average Bonchev–Trinajstić information content (AvgIpc) is 2.34. The number of nitrogens with one attached hydrogen (secondary N) is 1. The molecule has 106 valence electrons. The van der Waals surface area contributed by atoms with Crippen molar-refractivity contribution in [2.75, 3.05) is 5.32 Å². The van der Waals surface area contributed by atoms with Crippen LogP contribution in [0, 0.1) is 26.6 Å². The fourth-order valence-electron chi connectivity index (χ4n) is 2.38. The highest BCUT2D eigenvalue weighted by molar-refractivity contribution is 9.10. The second-order valence-corrected chi connectivity index (χ2v) is 6.22. The first-order valence-electron chi connectivity index (χ1n) is 6.67. The van der Waals surface area contributed by atoms with E-state index in [1.807, 2.05) is 6.92 Å². The first kappa shape index (κ1) is 15.0. The maximum absolute atomic E-state index is 13.7. The number of rotatable bonds is 3. The van der Waals surface area contributed by atoms with Crippen molar-refractivity contribution in [3.05, 3.63) is 62.9 Å². The normalized spacial score (nSPS) is 12.3. The molecular formula is C17H19BrFN. The van der Waals surface area contributed by atoms with E-state index in [0.717, 1.165) is 11.3 Å². The van der Waals surface area contributed by atoms with Crippen LogP contribution in [0.4, 0.5) is 10.1 Å². The Labute approximate surface area is 128 Å². The summed E-state index contributed by atoms with van der Waals surface area (Å²) in [5.41, 5.74) is 5.55. The van der Waals surface area contributed by atoms with E-state index < -0.39 is 0 Å². The molecule has 20 heavy (non-hydrogen) atoms. The second-order valence-electron chi connectivity index (χ2n) is 5.37. The Morgan fingerprint density at radius 2 is 1.60 bits per heavy atom. The molecule has 1 N–H and O–H groups in total. The third-order valence-electron chi connectivity index (χ3n) is 3.38. The molecule has 0 saturated heterocycles. The molecule has 0 aliphatic carbocycles. The molecule has 0 radical (unpaired) electrons. The maximum Gasteiger partial charge on any atom is 0.139 e. The van der Waals surface area contributed by atoms with Crippen molar-refractivity contribution in [1.29, 1.82) is 0 Å². The van der Waals surface area contributed by atoms with E-state index in [0.29, 0.717) is 4.47 Å². The van der Waals surface area contributed by atoms with E-state index in [9.17, 15) is 4.39 Å². The zero-order chi connectivity index (χ0) is 14.9. The van der Waals surface area contributed by atoms with Crippen molar-refractivity contribution in [1.82, 2.24) is 0 Å². The Morgan fingerprint density at radius 3 is 2.20 bits per heavy atom. The summed E-state index contributed by atoms with van der Waals surface area (Å²) in [7, 11) is 0. The van der Waals surface area contributed by atoms with E-state index >= 15 is 0 Å². The van der Waals surface area contributed by atoms with E-state index in [2.05, 4.69) is 60.2 Å². The van der Waals surface area contributed by atoms with Crippen LogP contribution >= 0.6 is 15.9 Å². The van der Waals surface area contributed by atoms with E-state index in [1.165, 1.54) is 16.7 Å². The Hall–Kier alpha value is -1.35. The lowest BCUT2D eigenvalue weighted by Crippen LogP contribution is -2.08. The minimum absolute atomic E-state index is 0.132. The molecule has 0 aliphatic rings. The summed E-state index contributed by atoms with van der Waals surface area (Å²) < 4.78 is 14.2. The molecule has 0 fully saturated rings. The van der Waals surface area contributed by atoms with Crippen LogP contribution in [-0.2, 0) is 0 Å². The number of aryl methyl sites for hydroxylation is 3. The number of anilines is 1. The van der Waals surface area contributed by atoms with Gasteiger partial charge in [-0.2, -0.15) is 0 Å². The van der Waals surface area contributed by atoms with Crippen LogP contribution in [0.15, 0.2) is 34.8 Å². The first-order valence-corrected chi connectivity index (χ1v) is 7.46. The monoisotopic (exact) mass is 335 g/mol. The van der Waals surface area contributed by atoms with Crippen LogP contribution in [0.1, 0.15) is 35.2 Å². The highest BCUT2D eigenvalue weighted by atomic mass is 79.9. The quantitative estimate of drug-likeness (QED) is 0.760. The van der Waals surface area contributed by atoms with Gasteiger partial charge in [-0.25, -0.2) is 4.39 Å². The van der Waals surface area contributed by atoms with Gasteiger partial charge in [0.1, 0.15) is 5.82 Å². The third-order valence-corrected chi connectivity index (χ3v) is 3.99. The fourth-order valence-corrected chi connectivity index (χ4v) is 2.84. The summed E-state index contributed by atoms with van der Waals surface area (Å²) in [4.78, 5) is 0. The Bertz CT molecular complexity index is 617. The second kappa shape index (κ2) is 5.96. The molecule has 0 heterocycles. The number of benzene rings is 2. The van der Waals surface area contributed by atoms with E-state index in [4.69, 9.17) is 0 Å². The summed E-state index contributed by atoms with van der Waals surface area (Å²) in [6.45, 7) is 8.25. The molecule has 0 aliphatic heterocycles. The molecule has 2 aromatic carbocycles. The van der Waals surface area contributed by atoms with Crippen LogP contribution in [0.5, 0.6) is 0 Å². The minimum atomic E-state index is -0.245. The zero-order valence-electron chi connectivity index (χ0n) is 12.2. The van der Waals surface area contributed by atoms with Crippen LogP contribution < -0.4 is 5.32 Å². The molecule has 0 bridgehead atoms. The molecule has 2 rings (SSSR count). The summed E-state index contributed by atoms with van der Waals surface area (Å²) >= 11 is 3.21. The van der Waals surface area contributed by atoms with E-state index in [-0.39, 0.29) is 11.9 Å². The van der Waals surface area contributed by atoms with Crippen molar-refractivity contribution in [3.8, 4) is 0 Å². The lowest BCUT2D eigenvalue weighted by Gasteiger charge is -2.19. The molecule has 2 aromatic rings. The highest BCUT2D eigenvalue weighted by Gasteiger charge is 2.10. The van der Waals surface area contributed by atoms with Gasteiger partial charge < -0.3 is 5.32 Å². The SMILES string of the molecule is Cc1cc(C)cc(C(C)Nc2cc(F)c(Br)cc2C)c1. The Morgan fingerprint density at radius 1 is 1.00 bits per heavy atom. The largest absolute Gasteiger partial charge is 0.378 e. The van der Waals surface area contributed by atoms with Crippen LogP contribution in [0.25, 0.3) is 0 Å². The predicted octanol–water partition coefficient (Wildman–Crippen LogP) is 5.69. The van der Waals surface area contributed by atoms with Gasteiger partial charge in [0.2, 0.25) is 0 Å². The predicted molar refractivity (Wildman–Crippen MR) is 86.8 cm³/mol. The van der Waals surface area contributed by atoms with Crippen molar-refractivity contribution in [2.45, 2.75) is 33.7 Å². The first-order chi connectivity index (χ1) is 9.36. The molecular weight excluding hydrogens is 317 g/mol. The number of halogens is 2. The molecule has 0 spiro atoms. The Kier molecular flexibility index (Phi) is 4.48. The Balaban J connectivity index is 2.27. The molecule has 1 unspecified atom stereocenters. The summed E-state index contributed by atoms with van der Waals surface area (Å²) in [5.74, 6) is -0.245. The van der Waals surface area contributed by atoms with Crippen molar-refractivity contribution in [2.24, 2.45) is 0 Å². The van der Waals surface area contributed by atoms with Gasteiger partial charge in [-0.15, -0.1) is 0 Å². The molecule has 1 atom stereocenters. The van der Waals surface area contributed by atoms with Gasteiger partial charge in [-0.1, -0.05) is 29.3 Å². The summed E-state index contributed by atoms with van der Waals surface area (Å²) in [6, 6.07) is 9.95.